The Morgan fingerprint density at radius 2 is 1.88 bits per heavy atom. The number of hydrogen-bond acceptors (Lipinski definition) is 7. The van der Waals surface area contributed by atoms with E-state index in [1.54, 1.807) is 24.3 Å². The third-order valence-corrected chi connectivity index (χ3v) is 4.00. The highest BCUT2D eigenvalue weighted by atomic mass is 16.8. The van der Waals surface area contributed by atoms with E-state index in [2.05, 4.69) is 0 Å². The van der Waals surface area contributed by atoms with Gasteiger partial charge in [0.1, 0.15) is 12.2 Å². The van der Waals surface area contributed by atoms with Crippen molar-refractivity contribution in [2.24, 2.45) is 0 Å². The van der Waals surface area contributed by atoms with E-state index in [1.165, 1.54) is 13.8 Å². The minimum Gasteiger partial charge on any atom is -0.477 e. The molecule has 0 radical (unpaired) electrons. The van der Waals surface area contributed by atoms with E-state index in [9.17, 15) is 20.1 Å². The van der Waals surface area contributed by atoms with Crippen LogP contribution in [0.25, 0.3) is 0 Å². The smallest absolute Gasteiger partial charge is 0.367 e. The van der Waals surface area contributed by atoms with E-state index in [0.29, 0.717) is 5.56 Å². The van der Waals surface area contributed by atoms with Gasteiger partial charge in [-0.3, -0.25) is 0 Å². The van der Waals surface area contributed by atoms with Crippen LogP contribution in [0.15, 0.2) is 30.3 Å². The highest BCUT2D eigenvalue weighted by Crippen LogP contribution is 2.43. The van der Waals surface area contributed by atoms with E-state index >= 15 is 0 Å². The molecule has 8 nitrogen and oxygen atoms in total. The molecule has 0 spiro atoms. The molecule has 0 aliphatic carbocycles. The van der Waals surface area contributed by atoms with Crippen LogP contribution in [0.1, 0.15) is 25.7 Å². The molecule has 0 saturated carbocycles. The Morgan fingerprint density at radius 1 is 1.21 bits per heavy atom. The van der Waals surface area contributed by atoms with Gasteiger partial charge in [0.05, 0.1) is 6.61 Å². The fourth-order valence-corrected chi connectivity index (χ4v) is 2.98. The predicted molar refractivity (Wildman–Crippen MR) is 78.6 cm³/mol. The lowest BCUT2D eigenvalue weighted by molar-refractivity contribution is -0.242. The minimum absolute atomic E-state index is 0.427. The van der Waals surface area contributed by atoms with Crippen LogP contribution >= 0.6 is 0 Å². The number of ether oxygens (including phenoxy) is 4. The lowest BCUT2D eigenvalue weighted by atomic mass is 10.0. The second-order valence-electron chi connectivity index (χ2n) is 6.24. The van der Waals surface area contributed by atoms with Crippen LogP contribution in [0, 0.1) is 0 Å². The zero-order valence-electron chi connectivity index (χ0n) is 13.3. The highest BCUT2D eigenvalue weighted by molar-refractivity contribution is 5.76. The summed E-state index contributed by atoms with van der Waals surface area (Å²) < 4.78 is 22.1. The van der Waals surface area contributed by atoms with Crippen molar-refractivity contribution >= 4 is 5.97 Å². The van der Waals surface area contributed by atoms with E-state index in [0.717, 1.165) is 0 Å². The van der Waals surface area contributed by atoms with Crippen LogP contribution in [0.3, 0.4) is 0 Å². The van der Waals surface area contributed by atoms with Crippen molar-refractivity contribution in [2.75, 3.05) is 6.61 Å². The molecule has 2 aliphatic rings. The van der Waals surface area contributed by atoms with Gasteiger partial charge in [0.2, 0.25) is 0 Å². The van der Waals surface area contributed by atoms with Crippen molar-refractivity contribution in [1.29, 1.82) is 0 Å². The standard InChI is InChI=1S/C16H20O8/c1-15(2)23-12(16(20,24-15)14(18)19)11-10(8-17)21-13(22-11)9-6-4-3-5-7-9/h3-7,10-13,17,20H,8H2,1-2H3,(H,18,19)/t10-,11-,12+,13?,16-/m1/s1. The minimum atomic E-state index is -2.60. The van der Waals surface area contributed by atoms with Crippen molar-refractivity contribution in [3.8, 4) is 0 Å². The van der Waals surface area contributed by atoms with Crippen LogP contribution in [0.4, 0.5) is 0 Å². The van der Waals surface area contributed by atoms with Crippen molar-refractivity contribution in [3.63, 3.8) is 0 Å². The predicted octanol–water partition coefficient (Wildman–Crippen LogP) is 0.386. The molecule has 0 amide bonds. The van der Waals surface area contributed by atoms with Gasteiger partial charge in [-0.1, -0.05) is 30.3 Å². The van der Waals surface area contributed by atoms with E-state index in [1.807, 2.05) is 6.07 Å². The number of carbonyl (C=O) groups is 1. The molecule has 0 bridgehead atoms. The monoisotopic (exact) mass is 340 g/mol. The fraction of sp³-hybridized carbons (Fsp3) is 0.562. The summed E-state index contributed by atoms with van der Waals surface area (Å²) in [6.07, 6.45) is -4.07. The highest BCUT2D eigenvalue weighted by Gasteiger charge is 2.64. The summed E-state index contributed by atoms with van der Waals surface area (Å²) in [5, 5.41) is 29.4. The molecule has 5 atom stereocenters. The molecule has 24 heavy (non-hydrogen) atoms. The summed E-state index contributed by atoms with van der Waals surface area (Å²) in [5.41, 5.74) is 0.704. The third-order valence-electron chi connectivity index (χ3n) is 4.00. The number of carboxylic acid groups (broad SMARTS) is 1. The van der Waals surface area contributed by atoms with Gasteiger partial charge < -0.3 is 34.3 Å². The summed E-state index contributed by atoms with van der Waals surface area (Å²) in [7, 11) is 0. The maximum atomic E-state index is 11.5. The normalized spacial score (nSPS) is 38.3. The first-order valence-corrected chi connectivity index (χ1v) is 7.57. The molecule has 1 aromatic rings. The maximum absolute atomic E-state index is 11.5. The molecule has 2 saturated heterocycles. The number of aliphatic hydroxyl groups excluding tert-OH is 1. The number of aliphatic hydroxyl groups is 2. The number of hydrogen-bond donors (Lipinski definition) is 3. The molecular formula is C16H20O8. The van der Waals surface area contributed by atoms with Gasteiger partial charge in [0.25, 0.3) is 5.79 Å². The number of benzene rings is 1. The average Bonchev–Trinajstić information content (AvgIpc) is 3.06. The number of aliphatic carboxylic acids is 1. The van der Waals surface area contributed by atoms with Crippen LogP contribution in [-0.2, 0) is 23.7 Å². The van der Waals surface area contributed by atoms with Gasteiger partial charge in [-0.2, -0.15) is 0 Å². The molecule has 0 aromatic heterocycles. The molecule has 3 N–H and O–H groups in total. The van der Waals surface area contributed by atoms with Gasteiger partial charge in [-0.15, -0.1) is 0 Å². The molecular weight excluding hydrogens is 320 g/mol. The number of rotatable bonds is 4. The van der Waals surface area contributed by atoms with Gasteiger partial charge in [0, 0.05) is 5.56 Å². The third kappa shape index (κ3) is 2.92. The fourth-order valence-electron chi connectivity index (χ4n) is 2.98. The molecule has 132 valence electrons. The molecule has 3 rings (SSSR count). The zero-order chi connectivity index (χ0) is 17.5. The Bertz CT molecular complexity index is 603. The van der Waals surface area contributed by atoms with Gasteiger partial charge >= 0.3 is 5.97 Å². The van der Waals surface area contributed by atoms with Crippen LogP contribution in [0.5, 0.6) is 0 Å². The Hall–Kier alpha value is -1.55. The second-order valence-corrected chi connectivity index (χ2v) is 6.24. The molecule has 2 aliphatic heterocycles. The first-order valence-electron chi connectivity index (χ1n) is 7.57. The van der Waals surface area contributed by atoms with Gasteiger partial charge in [-0.05, 0) is 13.8 Å². The molecule has 1 aromatic carbocycles. The molecule has 8 heteroatoms. The van der Waals surface area contributed by atoms with Crippen molar-refractivity contribution in [3.05, 3.63) is 35.9 Å². The van der Waals surface area contributed by atoms with Crippen LogP contribution in [0.2, 0.25) is 0 Å². The Morgan fingerprint density at radius 3 is 2.46 bits per heavy atom. The van der Waals surface area contributed by atoms with E-state index in [4.69, 9.17) is 18.9 Å². The van der Waals surface area contributed by atoms with E-state index < -0.39 is 48.8 Å². The van der Waals surface area contributed by atoms with Crippen LogP contribution in [-0.4, -0.2) is 57.8 Å². The maximum Gasteiger partial charge on any atom is 0.367 e. The summed E-state index contributed by atoms with van der Waals surface area (Å²) in [5.74, 6) is -5.52. The largest absolute Gasteiger partial charge is 0.477 e. The topological polar surface area (TPSA) is 115 Å². The zero-order valence-corrected chi connectivity index (χ0v) is 13.3. The quantitative estimate of drug-likeness (QED) is 0.721. The van der Waals surface area contributed by atoms with Crippen molar-refractivity contribution in [2.45, 2.75) is 50.0 Å². The Kier molecular flexibility index (Phi) is 4.37. The first-order chi connectivity index (χ1) is 11.3. The Labute approximate surface area is 138 Å². The summed E-state index contributed by atoms with van der Waals surface area (Å²) >= 11 is 0. The molecule has 2 fully saturated rings. The molecule has 1 unspecified atom stereocenters. The van der Waals surface area contributed by atoms with E-state index in [-0.39, 0.29) is 0 Å². The van der Waals surface area contributed by atoms with Crippen molar-refractivity contribution in [1.82, 2.24) is 0 Å². The SMILES string of the molecule is CC1(C)O[C@@H]([C@@H]2OC(c3ccccc3)O[C@@H]2CO)[C@](O)(C(=O)O)O1. The van der Waals surface area contributed by atoms with Crippen molar-refractivity contribution < 1.29 is 39.1 Å². The lowest BCUT2D eigenvalue weighted by Crippen LogP contribution is -2.55. The first kappa shape index (κ1) is 17.3. The lowest BCUT2D eigenvalue weighted by Gasteiger charge is -2.27. The van der Waals surface area contributed by atoms with Gasteiger partial charge in [0.15, 0.2) is 18.2 Å². The number of carboxylic acids is 1. The summed E-state index contributed by atoms with van der Waals surface area (Å²) in [6.45, 7) is 2.54. The average molecular weight is 340 g/mol. The summed E-state index contributed by atoms with van der Waals surface area (Å²) in [4.78, 5) is 11.5. The summed E-state index contributed by atoms with van der Waals surface area (Å²) in [6, 6.07) is 8.99. The Balaban J connectivity index is 1.88. The molecule has 2 heterocycles. The van der Waals surface area contributed by atoms with Gasteiger partial charge in [-0.25, -0.2) is 4.79 Å². The van der Waals surface area contributed by atoms with Crippen LogP contribution < -0.4 is 0 Å². The second kappa shape index (κ2) is 6.07.